The van der Waals surface area contributed by atoms with Crippen LogP contribution in [-0.2, 0) is 0 Å². The minimum atomic E-state index is 1.12. The summed E-state index contributed by atoms with van der Waals surface area (Å²) in [6.45, 7) is 0. The van der Waals surface area contributed by atoms with Gasteiger partial charge in [-0.1, -0.05) is 158 Å². The summed E-state index contributed by atoms with van der Waals surface area (Å²) in [5.74, 6) is 0. The smallest absolute Gasteiger partial charge is 0.0540 e. The van der Waals surface area contributed by atoms with Crippen molar-refractivity contribution < 1.29 is 0 Å². The highest BCUT2D eigenvalue weighted by Gasteiger charge is 2.16. The average Bonchev–Trinajstić information content (AvgIpc) is 3.18. The molecule has 49 heavy (non-hydrogen) atoms. The Morgan fingerprint density at radius 2 is 0.755 bits per heavy atom. The molecule has 0 aromatic heterocycles. The van der Waals surface area contributed by atoms with Crippen LogP contribution in [0.3, 0.4) is 0 Å². The lowest BCUT2D eigenvalue weighted by atomic mass is 9.97. The Labute approximate surface area is 287 Å². The van der Waals surface area contributed by atoms with E-state index in [-0.39, 0.29) is 0 Å². The Bertz CT molecular complexity index is 2570. The molecule has 0 atom stereocenters. The molecule has 0 aliphatic heterocycles. The van der Waals surface area contributed by atoms with E-state index in [1.165, 1.54) is 65.7 Å². The Balaban J connectivity index is 1.11. The standard InChI is InChI=1S/C48H33N/c1-2-10-34(11-3-1)40-22-20-36-21-23-41(33-42(36)32-40)35-24-28-43(29-25-35)49(48-19-9-15-38-13-5-7-17-47(38)48)44-30-26-39(27-31-44)46-18-8-14-37-12-4-6-16-45(37)46/h1-33H. The van der Waals surface area contributed by atoms with E-state index in [0.717, 1.165) is 17.1 Å². The van der Waals surface area contributed by atoms with Crippen LogP contribution in [0.4, 0.5) is 17.1 Å². The highest BCUT2D eigenvalue weighted by Crippen LogP contribution is 2.41. The van der Waals surface area contributed by atoms with Crippen molar-refractivity contribution in [3.63, 3.8) is 0 Å². The van der Waals surface area contributed by atoms with Gasteiger partial charge in [-0.15, -0.1) is 0 Å². The fourth-order valence-corrected chi connectivity index (χ4v) is 7.14. The second-order valence-corrected chi connectivity index (χ2v) is 12.6. The molecule has 0 aliphatic rings. The maximum atomic E-state index is 2.38. The van der Waals surface area contributed by atoms with Gasteiger partial charge in [-0.3, -0.25) is 0 Å². The first-order valence-corrected chi connectivity index (χ1v) is 16.8. The lowest BCUT2D eigenvalue weighted by molar-refractivity contribution is 1.30. The molecule has 0 amide bonds. The first-order chi connectivity index (χ1) is 24.3. The molecule has 1 heteroatoms. The molecular weight excluding hydrogens is 591 g/mol. The zero-order chi connectivity index (χ0) is 32.6. The van der Waals surface area contributed by atoms with Gasteiger partial charge in [0.05, 0.1) is 5.69 Å². The number of fused-ring (bicyclic) bond motifs is 3. The second kappa shape index (κ2) is 12.3. The Morgan fingerprint density at radius 3 is 1.43 bits per heavy atom. The summed E-state index contributed by atoms with van der Waals surface area (Å²) < 4.78 is 0. The molecule has 0 bridgehead atoms. The third-order valence-corrected chi connectivity index (χ3v) is 9.64. The molecule has 0 unspecified atom stereocenters. The predicted molar refractivity (Wildman–Crippen MR) is 210 cm³/mol. The van der Waals surface area contributed by atoms with Gasteiger partial charge in [0.15, 0.2) is 0 Å². The summed E-state index contributed by atoms with van der Waals surface area (Å²) >= 11 is 0. The second-order valence-electron chi connectivity index (χ2n) is 12.6. The molecule has 0 fully saturated rings. The summed E-state index contributed by atoms with van der Waals surface area (Å²) in [5.41, 5.74) is 10.7. The monoisotopic (exact) mass is 623 g/mol. The zero-order valence-corrected chi connectivity index (χ0v) is 27.0. The minimum absolute atomic E-state index is 1.12. The number of hydrogen-bond donors (Lipinski definition) is 0. The fourth-order valence-electron chi connectivity index (χ4n) is 7.14. The third-order valence-electron chi connectivity index (χ3n) is 9.64. The summed E-state index contributed by atoms with van der Waals surface area (Å²) in [6, 6.07) is 72.5. The van der Waals surface area contributed by atoms with Crippen molar-refractivity contribution in [1.82, 2.24) is 0 Å². The van der Waals surface area contributed by atoms with Crippen LogP contribution in [0.15, 0.2) is 200 Å². The van der Waals surface area contributed by atoms with Crippen molar-refractivity contribution in [3.8, 4) is 33.4 Å². The molecule has 0 saturated heterocycles. The van der Waals surface area contributed by atoms with Gasteiger partial charge in [-0.05, 0) is 103 Å². The molecular formula is C48H33N. The van der Waals surface area contributed by atoms with E-state index in [4.69, 9.17) is 0 Å². The summed E-state index contributed by atoms with van der Waals surface area (Å²) in [5, 5.41) is 7.45. The molecule has 0 spiro atoms. The first kappa shape index (κ1) is 28.8. The SMILES string of the molecule is c1ccc(-c2ccc3ccc(-c4ccc(N(c5ccc(-c6cccc7ccccc67)cc5)c5cccc6ccccc56)cc4)cc3c2)cc1. The number of rotatable bonds is 6. The summed E-state index contributed by atoms with van der Waals surface area (Å²) in [4.78, 5) is 2.38. The van der Waals surface area contributed by atoms with Crippen LogP contribution in [0, 0.1) is 0 Å². The molecule has 0 radical (unpaired) electrons. The molecule has 0 saturated carbocycles. The minimum Gasteiger partial charge on any atom is -0.310 e. The van der Waals surface area contributed by atoms with Crippen molar-refractivity contribution in [3.05, 3.63) is 200 Å². The number of benzene rings is 9. The molecule has 0 N–H and O–H groups in total. The Hall–Kier alpha value is -6.44. The van der Waals surface area contributed by atoms with Crippen molar-refractivity contribution >= 4 is 49.4 Å². The highest BCUT2D eigenvalue weighted by atomic mass is 15.1. The van der Waals surface area contributed by atoms with Crippen molar-refractivity contribution in [1.29, 1.82) is 0 Å². The molecule has 9 aromatic carbocycles. The van der Waals surface area contributed by atoms with Gasteiger partial charge in [-0.2, -0.15) is 0 Å². The number of anilines is 3. The molecule has 9 rings (SSSR count). The van der Waals surface area contributed by atoms with Crippen LogP contribution in [-0.4, -0.2) is 0 Å². The Morgan fingerprint density at radius 1 is 0.265 bits per heavy atom. The van der Waals surface area contributed by atoms with E-state index in [1.807, 2.05) is 0 Å². The highest BCUT2D eigenvalue weighted by molar-refractivity contribution is 6.00. The zero-order valence-electron chi connectivity index (χ0n) is 27.0. The van der Waals surface area contributed by atoms with Crippen LogP contribution in [0.25, 0.3) is 65.7 Å². The van der Waals surface area contributed by atoms with E-state index >= 15 is 0 Å². The Kier molecular flexibility index (Phi) is 7.22. The topological polar surface area (TPSA) is 3.24 Å². The van der Waals surface area contributed by atoms with E-state index in [1.54, 1.807) is 0 Å². The lowest BCUT2D eigenvalue weighted by Gasteiger charge is -2.27. The first-order valence-electron chi connectivity index (χ1n) is 16.8. The molecule has 0 aliphatic carbocycles. The van der Waals surface area contributed by atoms with E-state index in [9.17, 15) is 0 Å². The van der Waals surface area contributed by atoms with Gasteiger partial charge in [0.2, 0.25) is 0 Å². The molecule has 1 nitrogen and oxygen atoms in total. The van der Waals surface area contributed by atoms with E-state index in [0.29, 0.717) is 0 Å². The molecule has 0 heterocycles. The van der Waals surface area contributed by atoms with Crippen LogP contribution >= 0.6 is 0 Å². The normalized spacial score (nSPS) is 11.3. The summed E-state index contributed by atoms with van der Waals surface area (Å²) in [7, 11) is 0. The number of nitrogens with zero attached hydrogens (tertiary/aromatic N) is 1. The van der Waals surface area contributed by atoms with Gasteiger partial charge in [-0.25, -0.2) is 0 Å². The fraction of sp³-hybridized carbons (Fsp3) is 0. The van der Waals surface area contributed by atoms with E-state index in [2.05, 4.69) is 205 Å². The molecule has 9 aromatic rings. The van der Waals surface area contributed by atoms with Crippen LogP contribution in [0.2, 0.25) is 0 Å². The maximum Gasteiger partial charge on any atom is 0.0540 e. The van der Waals surface area contributed by atoms with Crippen molar-refractivity contribution in [2.75, 3.05) is 4.90 Å². The van der Waals surface area contributed by atoms with Crippen molar-refractivity contribution in [2.45, 2.75) is 0 Å². The quantitative estimate of drug-likeness (QED) is 0.178. The van der Waals surface area contributed by atoms with Gasteiger partial charge in [0.25, 0.3) is 0 Å². The van der Waals surface area contributed by atoms with Crippen LogP contribution in [0.5, 0.6) is 0 Å². The summed E-state index contributed by atoms with van der Waals surface area (Å²) in [6.07, 6.45) is 0. The predicted octanol–water partition coefficient (Wildman–Crippen LogP) is 13.6. The van der Waals surface area contributed by atoms with Gasteiger partial charge in [0.1, 0.15) is 0 Å². The van der Waals surface area contributed by atoms with Gasteiger partial charge >= 0.3 is 0 Å². The van der Waals surface area contributed by atoms with Crippen LogP contribution in [0.1, 0.15) is 0 Å². The van der Waals surface area contributed by atoms with Gasteiger partial charge in [0, 0.05) is 16.8 Å². The van der Waals surface area contributed by atoms with Crippen LogP contribution < -0.4 is 4.90 Å². The molecule has 230 valence electrons. The average molecular weight is 624 g/mol. The lowest BCUT2D eigenvalue weighted by Crippen LogP contribution is -2.10. The van der Waals surface area contributed by atoms with E-state index < -0.39 is 0 Å². The maximum absolute atomic E-state index is 2.38. The van der Waals surface area contributed by atoms with Gasteiger partial charge < -0.3 is 4.90 Å². The largest absolute Gasteiger partial charge is 0.310 e. The number of hydrogen-bond acceptors (Lipinski definition) is 1. The third kappa shape index (κ3) is 5.42. The van der Waals surface area contributed by atoms with Crippen molar-refractivity contribution in [2.24, 2.45) is 0 Å².